The number of hydrogen-bond donors (Lipinski definition) is 7. The standard InChI is InChI=1S/C31H36N4O7/c1-19(36)27(32)30(40)34-25(17-21-10-6-3-7-11-21)28(38)33-24(16-20-8-4-2-5-9-20)29(39)35-26(31(41)42)18-22-12-14-23(37)15-13-22/h2-15,19,24-27,36-37H,16-18,32H2,1H3,(H,33,38)(H,34,40)(H,35,39)(H,41,42). The van der Waals surface area contributed by atoms with E-state index in [4.69, 9.17) is 5.73 Å². The van der Waals surface area contributed by atoms with Gasteiger partial charge in [-0.3, -0.25) is 14.4 Å². The molecular weight excluding hydrogens is 540 g/mol. The topological polar surface area (TPSA) is 191 Å². The number of hydrogen-bond acceptors (Lipinski definition) is 7. The Labute approximate surface area is 243 Å². The molecule has 0 aliphatic carbocycles. The van der Waals surface area contributed by atoms with E-state index in [1.807, 2.05) is 0 Å². The summed E-state index contributed by atoms with van der Waals surface area (Å²) in [7, 11) is 0. The van der Waals surface area contributed by atoms with E-state index in [9.17, 15) is 34.5 Å². The molecule has 0 saturated carbocycles. The van der Waals surface area contributed by atoms with Gasteiger partial charge in [-0.1, -0.05) is 72.8 Å². The van der Waals surface area contributed by atoms with Gasteiger partial charge in [-0.05, 0) is 35.7 Å². The van der Waals surface area contributed by atoms with Gasteiger partial charge in [0.25, 0.3) is 0 Å². The maximum absolute atomic E-state index is 13.6. The van der Waals surface area contributed by atoms with Gasteiger partial charge in [0.15, 0.2) is 0 Å². The van der Waals surface area contributed by atoms with Crippen molar-refractivity contribution in [2.75, 3.05) is 0 Å². The third-order valence-electron chi connectivity index (χ3n) is 6.64. The van der Waals surface area contributed by atoms with Crippen molar-refractivity contribution >= 4 is 23.7 Å². The van der Waals surface area contributed by atoms with Crippen LogP contribution in [0.15, 0.2) is 84.9 Å². The van der Waals surface area contributed by atoms with Gasteiger partial charge in [0.05, 0.1) is 6.10 Å². The third kappa shape index (κ3) is 9.72. The average Bonchev–Trinajstić information content (AvgIpc) is 2.97. The minimum atomic E-state index is -1.32. The monoisotopic (exact) mass is 576 g/mol. The average molecular weight is 577 g/mol. The third-order valence-corrected chi connectivity index (χ3v) is 6.64. The highest BCUT2D eigenvalue weighted by Gasteiger charge is 2.31. The number of aliphatic carboxylic acids is 1. The number of phenolic OH excluding ortho intramolecular Hbond substituents is 1. The number of aliphatic hydroxyl groups is 1. The quantitative estimate of drug-likeness (QED) is 0.146. The summed E-state index contributed by atoms with van der Waals surface area (Å²) in [6, 6.07) is 18.8. The fraction of sp³-hybridized carbons (Fsp3) is 0.290. The number of rotatable bonds is 14. The van der Waals surface area contributed by atoms with Crippen LogP contribution in [0.3, 0.4) is 0 Å². The van der Waals surface area contributed by atoms with Crippen LogP contribution in [0.4, 0.5) is 0 Å². The van der Waals surface area contributed by atoms with E-state index in [-0.39, 0.29) is 25.0 Å². The van der Waals surface area contributed by atoms with E-state index in [1.54, 1.807) is 72.8 Å². The molecule has 42 heavy (non-hydrogen) atoms. The largest absolute Gasteiger partial charge is 0.508 e. The summed E-state index contributed by atoms with van der Waals surface area (Å²) >= 11 is 0. The first-order valence-corrected chi connectivity index (χ1v) is 13.5. The summed E-state index contributed by atoms with van der Waals surface area (Å²) in [5.41, 5.74) is 7.79. The maximum Gasteiger partial charge on any atom is 0.326 e. The van der Waals surface area contributed by atoms with Crippen molar-refractivity contribution in [3.63, 3.8) is 0 Å². The Bertz CT molecular complexity index is 1330. The van der Waals surface area contributed by atoms with Crippen LogP contribution in [-0.2, 0) is 38.4 Å². The van der Waals surface area contributed by atoms with Gasteiger partial charge in [-0.2, -0.15) is 0 Å². The fourth-order valence-corrected chi connectivity index (χ4v) is 4.22. The predicted molar refractivity (Wildman–Crippen MR) is 155 cm³/mol. The molecule has 0 aromatic heterocycles. The Hall–Kier alpha value is -4.74. The molecule has 3 amide bonds. The lowest BCUT2D eigenvalue weighted by atomic mass is 10.0. The van der Waals surface area contributed by atoms with E-state index in [0.717, 1.165) is 5.56 Å². The molecule has 0 aliphatic heterocycles. The Morgan fingerprint density at radius 1 is 0.643 bits per heavy atom. The van der Waals surface area contributed by atoms with Crippen molar-refractivity contribution in [1.82, 2.24) is 16.0 Å². The predicted octanol–water partition coefficient (Wildman–Crippen LogP) is 0.667. The number of nitrogens with one attached hydrogen (secondary N) is 3. The van der Waals surface area contributed by atoms with Gasteiger partial charge < -0.3 is 37.0 Å². The molecule has 11 nitrogen and oxygen atoms in total. The van der Waals surface area contributed by atoms with E-state index in [1.165, 1.54) is 19.1 Å². The summed E-state index contributed by atoms with van der Waals surface area (Å²) in [6.07, 6.45) is -1.10. The minimum Gasteiger partial charge on any atom is -0.508 e. The summed E-state index contributed by atoms with van der Waals surface area (Å²) in [6.45, 7) is 1.35. The van der Waals surface area contributed by atoms with Gasteiger partial charge in [-0.15, -0.1) is 0 Å². The zero-order valence-electron chi connectivity index (χ0n) is 23.1. The van der Waals surface area contributed by atoms with Crippen LogP contribution in [0.1, 0.15) is 23.6 Å². The van der Waals surface area contributed by atoms with Gasteiger partial charge in [0, 0.05) is 19.3 Å². The van der Waals surface area contributed by atoms with E-state index in [0.29, 0.717) is 11.1 Å². The molecule has 5 atom stereocenters. The molecule has 0 heterocycles. The first-order chi connectivity index (χ1) is 20.0. The molecule has 0 fully saturated rings. The van der Waals surface area contributed by atoms with Crippen molar-refractivity contribution in [2.45, 2.75) is 56.5 Å². The van der Waals surface area contributed by atoms with E-state index < -0.39 is 54.0 Å². The second kappa shape index (κ2) is 15.3. The van der Waals surface area contributed by atoms with E-state index >= 15 is 0 Å². The number of aromatic hydroxyl groups is 1. The summed E-state index contributed by atoms with van der Waals surface area (Å²) < 4.78 is 0. The molecule has 0 saturated heterocycles. The fourth-order valence-electron chi connectivity index (χ4n) is 4.22. The van der Waals surface area contributed by atoms with Gasteiger partial charge in [0.1, 0.15) is 29.9 Å². The van der Waals surface area contributed by atoms with Crippen LogP contribution >= 0.6 is 0 Å². The molecule has 5 unspecified atom stereocenters. The molecule has 0 aliphatic rings. The smallest absolute Gasteiger partial charge is 0.326 e. The molecule has 3 aromatic carbocycles. The van der Waals surface area contributed by atoms with Crippen molar-refractivity contribution in [2.24, 2.45) is 5.73 Å². The van der Waals surface area contributed by atoms with Gasteiger partial charge >= 0.3 is 5.97 Å². The Balaban J connectivity index is 1.84. The molecule has 222 valence electrons. The normalized spacial score (nSPS) is 14.5. The zero-order valence-corrected chi connectivity index (χ0v) is 23.1. The molecule has 3 rings (SSSR count). The Morgan fingerprint density at radius 3 is 1.45 bits per heavy atom. The number of benzene rings is 3. The van der Waals surface area contributed by atoms with Crippen molar-refractivity contribution in [3.05, 3.63) is 102 Å². The number of carboxylic acids is 1. The first-order valence-electron chi connectivity index (χ1n) is 13.5. The number of carboxylic acid groups (broad SMARTS) is 1. The lowest BCUT2D eigenvalue weighted by molar-refractivity contribution is -0.142. The molecular formula is C31H36N4O7. The Morgan fingerprint density at radius 2 is 1.02 bits per heavy atom. The van der Waals surface area contributed by atoms with Crippen LogP contribution in [-0.4, -0.2) is 69.3 Å². The van der Waals surface area contributed by atoms with Gasteiger partial charge in [-0.25, -0.2) is 4.79 Å². The number of nitrogens with two attached hydrogens (primary N) is 1. The highest BCUT2D eigenvalue weighted by molar-refractivity contribution is 5.94. The van der Waals surface area contributed by atoms with Crippen molar-refractivity contribution in [1.29, 1.82) is 0 Å². The Kier molecular flexibility index (Phi) is 11.6. The van der Waals surface area contributed by atoms with Crippen molar-refractivity contribution < 1.29 is 34.5 Å². The van der Waals surface area contributed by atoms with Crippen LogP contribution in [0, 0.1) is 0 Å². The summed E-state index contributed by atoms with van der Waals surface area (Å²) in [5, 5.41) is 36.9. The summed E-state index contributed by atoms with van der Waals surface area (Å²) in [4.78, 5) is 51.8. The second-order valence-corrected chi connectivity index (χ2v) is 10.0. The van der Waals surface area contributed by atoms with Gasteiger partial charge in [0.2, 0.25) is 17.7 Å². The van der Waals surface area contributed by atoms with E-state index in [2.05, 4.69) is 16.0 Å². The van der Waals surface area contributed by atoms with Crippen LogP contribution < -0.4 is 21.7 Å². The highest BCUT2D eigenvalue weighted by Crippen LogP contribution is 2.12. The van der Waals surface area contributed by atoms with Crippen LogP contribution in [0.25, 0.3) is 0 Å². The lowest BCUT2D eigenvalue weighted by Crippen LogP contribution is -2.59. The number of amides is 3. The molecule has 0 spiro atoms. The second-order valence-electron chi connectivity index (χ2n) is 10.0. The minimum absolute atomic E-state index is 0.0202. The molecule has 8 N–H and O–H groups in total. The molecule has 3 aromatic rings. The highest BCUT2D eigenvalue weighted by atomic mass is 16.4. The maximum atomic E-state index is 13.6. The summed E-state index contributed by atoms with van der Waals surface area (Å²) in [5.74, 6) is -3.42. The molecule has 0 radical (unpaired) electrons. The first kappa shape index (κ1) is 31.8. The number of carbonyl (C=O) groups excluding carboxylic acids is 3. The number of carbonyl (C=O) groups is 4. The molecule has 11 heteroatoms. The molecule has 0 bridgehead atoms. The lowest BCUT2D eigenvalue weighted by Gasteiger charge is -2.26. The number of aliphatic hydroxyl groups excluding tert-OH is 1. The zero-order chi connectivity index (χ0) is 30.6. The number of phenols is 1. The van der Waals surface area contributed by atoms with Crippen molar-refractivity contribution in [3.8, 4) is 5.75 Å². The SMILES string of the molecule is CC(O)C(N)C(=O)NC(Cc1ccccc1)C(=O)NC(Cc1ccccc1)C(=O)NC(Cc1ccc(O)cc1)C(=O)O. The van der Waals surface area contributed by atoms with Crippen LogP contribution in [0.5, 0.6) is 5.75 Å². The van der Waals surface area contributed by atoms with Crippen LogP contribution in [0.2, 0.25) is 0 Å².